The highest BCUT2D eigenvalue weighted by Gasteiger charge is 2.51. The molecule has 1 aromatic heterocycles. The number of amides is 1. The van der Waals surface area contributed by atoms with Crippen LogP contribution in [-0.4, -0.2) is 60.0 Å². The van der Waals surface area contributed by atoms with Gasteiger partial charge in [0, 0.05) is 58.1 Å². The molecule has 5 aliphatic rings. The molecule has 6 rings (SSSR count). The third-order valence-electron chi connectivity index (χ3n) is 7.66. The molecule has 0 atom stereocenters. The monoisotopic (exact) mass is 383 g/mol. The van der Waals surface area contributed by atoms with Crippen LogP contribution in [0.15, 0.2) is 18.5 Å². The Bertz CT molecular complexity index is 650. The van der Waals surface area contributed by atoms with Crippen molar-refractivity contribution in [3.8, 4) is 0 Å². The number of hydrogen-bond acceptors (Lipinski definition) is 5. The first-order chi connectivity index (χ1) is 13.7. The third kappa shape index (κ3) is 3.88. The lowest BCUT2D eigenvalue weighted by atomic mass is 9.49. The molecule has 5 fully saturated rings. The summed E-state index contributed by atoms with van der Waals surface area (Å²) in [6, 6.07) is 1.85. The SMILES string of the molecule is O=C(CC12CC3CC(CC(C3)C1)C2)NCCN1CCN(c2ncccn2)CC1. The third-order valence-corrected chi connectivity index (χ3v) is 7.66. The zero-order valence-corrected chi connectivity index (χ0v) is 16.9. The van der Waals surface area contributed by atoms with E-state index in [-0.39, 0.29) is 0 Å². The van der Waals surface area contributed by atoms with Gasteiger partial charge in [0.15, 0.2) is 0 Å². The molecule has 1 aromatic rings. The molecule has 2 heterocycles. The van der Waals surface area contributed by atoms with Gasteiger partial charge in [-0.2, -0.15) is 0 Å². The van der Waals surface area contributed by atoms with Gasteiger partial charge in [-0.05, 0) is 67.8 Å². The molecule has 0 unspecified atom stereocenters. The van der Waals surface area contributed by atoms with Crippen LogP contribution < -0.4 is 10.2 Å². The molecule has 1 N–H and O–H groups in total. The fourth-order valence-electron chi connectivity index (χ4n) is 6.89. The standard InChI is InChI=1S/C22H33N5O/c28-20(16-22-13-17-10-18(14-22)12-19(11-17)15-22)23-4-5-26-6-8-27(9-7-26)21-24-2-1-3-25-21/h1-3,17-19H,4-16H2,(H,23,28). The van der Waals surface area contributed by atoms with Crippen LogP contribution in [0.25, 0.3) is 0 Å². The summed E-state index contributed by atoms with van der Waals surface area (Å²) in [5.41, 5.74) is 0.347. The summed E-state index contributed by atoms with van der Waals surface area (Å²) in [6.45, 7) is 5.62. The molecule has 0 radical (unpaired) electrons. The van der Waals surface area contributed by atoms with Crippen molar-refractivity contribution in [2.75, 3.05) is 44.2 Å². The van der Waals surface area contributed by atoms with Crippen LogP contribution in [0.4, 0.5) is 5.95 Å². The maximum absolute atomic E-state index is 12.7. The lowest BCUT2D eigenvalue weighted by Gasteiger charge is -2.56. The number of nitrogens with one attached hydrogen (secondary N) is 1. The average molecular weight is 384 g/mol. The zero-order chi connectivity index (χ0) is 19.0. The summed E-state index contributed by atoms with van der Waals surface area (Å²) < 4.78 is 0. The molecular formula is C22H33N5O. The molecule has 28 heavy (non-hydrogen) atoms. The Morgan fingerprint density at radius 1 is 1.00 bits per heavy atom. The number of anilines is 1. The van der Waals surface area contributed by atoms with E-state index in [0.717, 1.165) is 69.4 Å². The van der Waals surface area contributed by atoms with Gasteiger partial charge >= 0.3 is 0 Å². The van der Waals surface area contributed by atoms with Crippen molar-refractivity contribution >= 4 is 11.9 Å². The highest BCUT2D eigenvalue weighted by Crippen LogP contribution is 2.61. The highest BCUT2D eigenvalue weighted by molar-refractivity contribution is 5.76. The Labute approximate surface area is 168 Å². The first kappa shape index (κ1) is 18.3. The molecule has 0 spiro atoms. The fourth-order valence-corrected chi connectivity index (χ4v) is 6.89. The number of nitrogens with zero attached hydrogens (tertiary/aromatic N) is 4. The number of aromatic nitrogens is 2. The van der Waals surface area contributed by atoms with Crippen molar-refractivity contribution in [3.05, 3.63) is 18.5 Å². The first-order valence-corrected chi connectivity index (χ1v) is 11.2. The molecule has 6 heteroatoms. The van der Waals surface area contributed by atoms with Gasteiger partial charge in [0.05, 0.1) is 0 Å². The number of hydrogen-bond donors (Lipinski definition) is 1. The van der Waals surface area contributed by atoms with E-state index < -0.39 is 0 Å². The number of carbonyl (C=O) groups excluding carboxylic acids is 1. The normalized spacial score (nSPS) is 34.6. The Balaban J connectivity index is 1.04. The van der Waals surface area contributed by atoms with Gasteiger partial charge in [0.2, 0.25) is 11.9 Å². The number of piperazine rings is 1. The molecule has 1 amide bonds. The van der Waals surface area contributed by atoms with E-state index in [2.05, 4.69) is 25.1 Å². The lowest BCUT2D eigenvalue weighted by molar-refractivity contribution is -0.129. The van der Waals surface area contributed by atoms with E-state index >= 15 is 0 Å². The second-order valence-electron chi connectivity index (χ2n) is 9.82. The minimum Gasteiger partial charge on any atom is -0.355 e. The summed E-state index contributed by atoms with van der Waals surface area (Å²) in [7, 11) is 0. The number of carbonyl (C=O) groups is 1. The molecule has 152 valence electrons. The fraction of sp³-hybridized carbons (Fsp3) is 0.773. The van der Waals surface area contributed by atoms with Crippen molar-refractivity contribution in [2.45, 2.75) is 44.9 Å². The summed E-state index contributed by atoms with van der Waals surface area (Å²) >= 11 is 0. The van der Waals surface area contributed by atoms with Crippen LogP contribution in [0.2, 0.25) is 0 Å². The van der Waals surface area contributed by atoms with E-state index in [4.69, 9.17) is 0 Å². The van der Waals surface area contributed by atoms with Gasteiger partial charge in [0.1, 0.15) is 0 Å². The minimum atomic E-state index is 0.290. The smallest absolute Gasteiger partial charge is 0.225 e. The van der Waals surface area contributed by atoms with Crippen molar-refractivity contribution < 1.29 is 4.79 Å². The van der Waals surface area contributed by atoms with Crippen LogP contribution in [0.3, 0.4) is 0 Å². The second-order valence-corrected chi connectivity index (χ2v) is 9.82. The molecule has 4 saturated carbocycles. The summed E-state index contributed by atoms with van der Waals surface area (Å²) in [5.74, 6) is 3.88. The number of rotatable bonds is 6. The van der Waals surface area contributed by atoms with Crippen molar-refractivity contribution in [2.24, 2.45) is 23.2 Å². The largest absolute Gasteiger partial charge is 0.355 e. The van der Waals surface area contributed by atoms with Gasteiger partial charge < -0.3 is 10.2 Å². The van der Waals surface area contributed by atoms with Crippen LogP contribution >= 0.6 is 0 Å². The van der Waals surface area contributed by atoms with Gasteiger partial charge in [-0.25, -0.2) is 9.97 Å². The zero-order valence-electron chi connectivity index (χ0n) is 16.9. The highest BCUT2D eigenvalue weighted by atomic mass is 16.1. The second kappa shape index (κ2) is 7.62. The first-order valence-electron chi connectivity index (χ1n) is 11.2. The summed E-state index contributed by atoms with van der Waals surface area (Å²) in [4.78, 5) is 26.0. The van der Waals surface area contributed by atoms with E-state index in [1.807, 2.05) is 6.07 Å². The quantitative estimate of drug-likeness (QED) is 0.817. The van der Waals surface area contributed by atoms with Crippen LogP contribution in [-0.2, 0) is 4.79 Å². The lowest BCUT2D eigenvalue weighted by Crippen LogP contribution is -2.50. The average Bonchev–Trinajstić information content (AvgIpc) is 2.68. The van der Waals surface area contributed by atoms with Gasteiger partial charge in [0.25, 0.3) is 0 Å². The Morgan fingerprint density at radius 2 is 1.61 bits per heavy atom. The van der Waals surface area contributed by atoms with E-state index in [1.165, 1.54) is 38.5 Å². The van der Waals surface area contributed by atoms with Gasteiger partial charge in [-0.1, -0.05) is 0 Å². The van der Waals surface area contributed by atoms with Crippen molar-refractivity contribution in [1.29, 1.82) is 0 Å². The molecule has 4 bridgehead atoms. The maximum atomic E-state index is 12.7. The van der Waals surface area contributed by atoms with Crippen LogP contribution in [0.1, 0.15) is 44.9 Å². The molecule has 1 aliphatic heterocycles. The van der Waals surface area contributed by atoms with Gasteiger partial charge in [-0.15, -0.1) is 0 Å². The Morgan fingerprint density at radius 3 is 2.21 bits per heavy atom. The molecule has 1 saturated heterocycles. The molecule has 4 aliphatic carbocycles. The predicted molar refractivity (Wildman–Crippen MR) is 109 cm³/mol. The molecule has 0 aromatic carbocycles. The maximum Gasteiger partial charge on any atom is 0.225 e. The van der Waals surface area contributed by atoms with E-state index in [9.17, 15) is 4.79 Å². The van der Waals surface area contributed by atoms with Crippen molar-refractivity contribution in [3.63, 3.8) is 0 Å². The minimum absolute atomic E-state index is 0.290. The van der Waals surface area contributed by atoms with E-state index in [1.54, 1.807) is 12.4 Å². The van der Waals surface area contributed by atoms with Crippen LogP contribution in [0, 0.1) is 23.2 Å². The molecule has 6 nitrogen and oxygen atoms in total. The van der Waals surface area contributed by atoms with Gasteiger partial charge in [-0.3, -0.25) is 9.69 Å². The summed E-state index contributed by atoms with van der Waals surface area (Å²) in [5, 5.41) is 3.23. The topological polar surface area (TPSA) is 61.4 Å². The van der Waals surface area contributed by atoms with Crippen molar-refractivity contribution in [1.82, 2.24) is 20.2 Å². The van der Waals surface area contributed by atoms with Crippen LogP contribution in [0.5, 0.6) is 0 Å². The Kier molecular flexibility index (Phi) is 4.99. The van der Waals surface area contributed by atoms with E-state index in [0.29, 0.717) is 11.3 Å². The predicted octanol–water partition coefficient (Wildman–Crippen LogP) is 2.32. The Hall–Kier alpha value is -1.69. The summed E-state index contributed by atoms with van der Waals surface area (Å²) in [6.07, 6.45) is 12.7. The molecular weight excluding hydrogens is 350 g/mol.